The zero-order valence-corrected chi connectivity index (χ0v) is 11.6. The largest absolute Gasteiger partial charge is 0.497 e. The van der Waals surface area contributed by atoms with Crippen molar-refractivity contribution in [3.05, 3.63) is 65.2 Å². The molecule has 1 atom stereocenters. The average molecular weight is 255 g/mol. The van der Waals surface area contributed by atoms with Gasteiger partial charge in [-0.1, -0.05) is 42.0 Å². The SMILES string of the molecule is COc1cccc(C(CCN)c2cccc(C)c2)c1. The van der Waals surface area contributed by atoms with E-state index in [9.17, 15) is 0 Å². The van der Waals surface area contributed by atoms with E-state index in [4.69, 9.17) is 10.5 Å². The van der Waals surface area contributed by atoms with Crippen molar-refractivity contribution in [2.75, 3.05) is 13.7 Å². The van der Waals surface area contributed by atoms with Crippen LogP contribution in [0.5, 0.6) is 5.75 Å². The predicted molar refractivity (Wildman–Crippen MR) is 79.7 cm³/mol. The van der Waals surface area contributed by atoms with Gasteiger partial charge in [0.2, 0.25) is 0 Å². The lowest BCUT2D eigenvalue weighted by Crippen LogP contribution is -2.09. The van der Waals surface area contributed by atoms with Gasteiger partial charge in [0, 0.05) is 5.92 Å². The molecule has 0 saturated carbocycles. The molecule has 2 heteroatoms. The molecule has 0 aliphatic heterocycles. The van der Waals surface area contributed by atoms with E-state index in [1.54, 1.807) is 7.11 Å². The molecule has 0 aliphatic rings. The molecular weight excluding hydrogens is 234 g/mol. The molecule has 0 saturated heterocycles. The summed E-state index contributed by atoms with van der Waals surface area (Å²) in [6.45, 7) is 2.80. The maximum Gasteiger partial charge on any atom is 0.119 e. The second kappa shape index (κ2) is 6.39. The molecule has 100 valence electrons. The second-order valence-corrected chi connectivity index (χ2v) is 4.82. The lowest BCUT2D eigenvalue weighted by Gasteiger charge is -2.18. The van der Waals surface area contributed by atoms with Crippen molar-refractivity contribution in [3.63, 3.8) is 0 Å². The van der Waals surface area contributed by atoms with E-state index in [1.165, 1.54) is 16.7 Å². The van der Waals surface area contributed by atoms with E-state index in [0.29, 0.717) is 12.5 Å². The fourth-order valence-corrected chi connectivity index (χ4v) is 2.44. The highest BCUT2D eigenvalue weighted by molar-refractivity contribution is 5.38. The van der Waals surface area contributed by atoms with Gasteiger partial charge in [-0.25, -0.2) is 0 Å². The number of hydrogen-bond donors (Lipinski definition) is 1. The number of hydrogen-bond acceptors (Lipinski definition) is 2. The van der Waals surface area contributed by atoms with Gasteiger partial charge in [-0.3, -0.25) is 0 Å². The minimum atomic E-state index is 0.333. The van der Waals surface area contributed by atoms with Crippen LogP contribution in [-0.4, -0.2) is 13.7 Å². The van der Waals surface area contributed by atoms with Gasteiger partial charge in [0.05, 0.1) is 7.11 Å². The van der Waals surface area contributed by atoms with Crippen LogP contribution in [0.4, 0.5) is 0 Å². The Hall–Kier alpha value is -1.80. The summed E-state index contributed by atoms with van der Waals surface area (Å²) in [5, 5.41) is 0. The molecule has 2 nitrogen and oxygen atoms in total. The van der Waals surface area contributed by atoms with Crippen molar-refractivity contribution in [2.45, 2.75) is 19.3 Å². The quantitative estimate of drug-likeness (QED) is 0.887. The van der Waals surface area contributed by atoms with Gasteiger partial charge in [0.1, 0.15) is 5.75 Å². The van der Waals surface area contributed by atoms with Gasteiger partial charge in [-0.05, 0) is 43.1 Å². The van der Waals surface area contributed by atoms with Gasteiger partial charge in [-0.15, -0.1) is 0 Å². The smallest absolute Gasteiger partial charge is 0.119 e. The molecular formula is C17H21NO. The van der Waals surface area contributed by atoms with Crippen LogP contribution >= 0.6 is 0 Å². The topological polar surface area (TPSA) is 35.2 Å². The summed E-state index contributed by atoms with van der Waals surface area (Å²) >= 11 is 0. The minimum absolute atomic E-state index is 0.333. The Morgan fingerprint density at radius 2 is 1.74 bits per heavy atom. The zero-order chi connectivity index (χ0) is 13.7. The van der Waals surface area contributed by atoms with Gasteiger partial charge < -0.3 is 10.5 Å². The van der Waals surface area contributed by atoms with Crippen molar-refractivity contribution in [3.8, 4) is 5.75 Å². The fraction of sp³-hybridized carbons (Fsp3) is 0.294. The summed E-state index contributed by atoms with van der Waals surface area (Å²) in [5.41, 5.74) is 9.64. The van der Waals surface area contributed by atoms with Gasteiger partial charge in [0.15, 0.2) is 0 Å². The highest BCUT2D eigenvalue weighted by atomic mass is 16.5. The van der Waals surface area contributed by atoms with Crippen LogP contribution in [0.3, 0.4) is 0 Å². The van der Waals surface area contributed by atoms with E-state index in [2.05, 4.69) is 43.3 Å². The molecule has 2 N–H and O–H groups in total. The number of aryl methyl sites for hydroxylation is 1. The zero-order valence-electron chi connectivity index (χ0n) is 11.6. The van der Waals surface area contributed by atoms with Crippen molar-refractivity contribution in [1.82, 2.24) is 0 Å². The molecule has 0 aromatic heterocycles. The maximum absolute atomic E-state index is 5.78. The third-order valence-corrected chi connectivity index (χ3v) is 3.40. The van der Waals surface area contributed by atoms with Crippen LogP contribution < -0.4 is 10.5 Å². The highest BCUT2D eigenvalue weighted by Gasteiger charge is 2.14. The van der Waals surface area contributed by atoms with Crippen LogP contribution in [0.15, 0.2) is 48.5 Å². The Morgan fingerprint density at radius 3 is 2.37 bits per heavy atom. The molecule has 0 heterocycles. The summed E-state index contributed by atoms with van der Waals surface area (Å²) in [5.74, 6) is 1.23. The molecule has 2 aromatic rings. The molecule has 19 heavy (non-hydrogen) atoms. The Balaban J connectivity index is 2.38. The standard InChI is InChI=1S/C17H21NO/c1-13-5-3-6-14(11-13)17(9-10-18)15-7-4-8-16(12-15)19-2/h3-8,11-12,17H,9-10,18H2,1-2H3. The van der Waals surface area contributed by atoms with Crippen LogP contribution in [0, 0.1) is 6.92 Å². The van der Waals surface area contributed by atoms with Crippen LogP contribution in [0.25, 0.3) is 0 Å². The summed E-state index contributed by atoms with van der Waals surface area (Å²) in [6, 6.07) is 16.9. The third-order valence-electron chi connectivity index (χ3n) is 3.40. The molecule has 2 aromatic carbocycles. The van der Waals surface area contributed by atoms with Crippen LogP contribution in [0.2, 0.25) is 0 Å². The summed E-state index contributed by atoms with van der Waals surface area (Å²) in [7, 11) is 1.70. The molecule has 2 rings (SSSR count). The molecule has 0 aliphatic carbocycles. The first kappa shape index (κ1) is 13.6. The maximum atomic E-state index is 5.78. The summed E-state index contributed by atoms with van der Waals surface area (Å²) in [4.78, 5) is 0. The van der Waals surface area contributed by atoms with Crippen molar-refractivity contribution in [2.24, 2.45) is 5.73 Å². The Morgan fingerprint density at radius 1 is 1.05 bits per heavy atom. The van der Waals surface area contributed by atoms with Crippen molar-refractivity contribution >= 4 is 0 Å². The fourth-order valence-electron chi connectivity index (χ4n) is 2.44. The number of benzene rings is 2. The first-order valence-electron chi connectivity index (χ1n) is 6.65. The van der Waals surface area contributed by atoms with Gasteiger partial charge in [0.25, 0.3) is 0 Å². The molecule has 0 spiro atoms. The lowest BCUT2D eigenvalue weighted by atomic mass is 9.88. The molecule has 0 fully saturated rings. The van der Waals surface area contributed by atoms with Crippen molar-refractivity contribution < 1.29 is 4.74 Å². The van der Waals surface area contributed by atoms with E-state index >= 15 is 0 Å². The molecule has 0 amide bonds. The van der Waals surface area contributed by atoms with Crippen molar-refractivity contribution in [1.29, 1.82) is 0 Å². The Kier molecular flexibility index (Phi) is 4.58. The van der Waals surface area contributed by atoms with Gasteiger partial charge in [-0.2, -0.15) is 0 Å². The first-order valence-corrected chi connectivity index (χ1v) is 6.65. The normalized spacial score (nSPS) is 12.2. The number of rotatable bonds is 5. The van der Waals surface area contributed by atoms with E-state index in [0.717, 1.165) is 12.2 Å². The van der Waals surface area contributed by atoms with Crippen LogP contribution in [-0.2, 0) is 0 Å². The Labute approximate surface area is 115 Å². The third kappa shape index (κ3) is 3.36. The molecule has 0 radical (unpaired) electrons. The summed E-state index contributed by atoms with van der Waals surface area (Å²) < 4.78 is 5.31. The lowest BCUT2D eigenvalue weighted by molar-refractivity contribution is 0.414. The first-order chi connectivity index (χ1) is 9.24. The van der Waals surface area contributed by atoms with E-state index in [-0.39, 0.29) is 0 Å². The van der Waals surface area contributed by atoms with E-state index < -0.39 is 0 Å². The average Bonchev–Trinajstić information content (AvgIpc) is 2.45. The predicted octanol–water partition coefficient (Wildman–Crippen LogP) is 3.48. The second-order valence-electron chi connectivity index (χ2n) is 4.82. The van der Waals surface area contributed by atoms with Crippen LogP contribution in [0.1, 0.15) is 29.0 Å². The number of methoxy groups -OCH3 is 1. The highest BCUT2D eigenvalue weighted by Crippen LogP contribution is 2.30. The van der Waals surface area contributed by atoms with E-state index in [1.807, 2.05) is 12.1 Å². The molecule has 0 bridgehead atoms. The summed E-state index contributed by atoms with van der Waals surface area (Å²) in [6.07, 6.45) is 0.941. The van der Waals surface area contributed by atoms with Gasteiger partial charge >= 0.3 is 0 Å². The number of ether oxygens (including phenoxy) is 1. The molecule has 1 unspecified atom stereocenters. The minimum Gasteiger partial charge on any atom is -0.497 e. The number of nitrogens with two attached hydrogens (primary N) is 1. The monoisotopic (exact) mass is 255 g/mol. The Bertz CT molecular complexity index is 536.